The molecule has 0 radical (unpaired) electrons. The third-order valence-electron chi connectivity index (χ3n) is 5.04. The number of benzene rings is 1. The van der Waals surface area contributed by atoms with E-state index in [1.54, 1.807) is 11.3 Å². The molecule has 1 aromatic carbocycles. The van der Waals surface area contributed by atoms with Gasteiger partial charge in [-0.2, -0.15) is 0 Å². The zero-order chi connectivity index (χ0) is 20.1. The molecule has 9 heteroatoms. The Morgan fingerprint density at radius 2 is 1.96 bits per heavy atom. The van der Waals surface area contributed by atoms with Gasteiger partial charge in [0, 0.05) is 27.9 Å². The zero-order valence-corrected chi connectivity index (χ0v) is 16.6. The summed E-state index contributed by atoms with van der Waals surface area (Å²) in [5, 5.41) is 18.7. The second-order valence-electron chi connectivity index (χ2n) is 6.84. The largest absolute Gasteiger partial charge is 0.354 e. The lowest BCUT2D eigenvalue weighted by Crippen LogP contribution is -2.43. The van der Waals surface area contributed by atoms with Crippen molar-refractivity contribution in [2.24, 2.45) is 0 Å². The summed E-state index contributed by atoms with van der Waals surface area (Å²) in [4.78, 5) is 36.2. The second-order valence-corrected chi connectivity index (χ2v) is 8.23. The quantitative estimate of drug-likeness (QED) is 0.526. The number of nitro groups is 1. The third-order valence-corrected chi connectivity index (χ3v) is 6.39. The standard InChI is InChI=1S/C19H20ClN3O4S/c20-13-5-6-15(23(26)27)14(10-13)18(25)21-11-17(24)22-12-19(7-1-2-8-19)16-4-3-9-28-16/h3-6,9-10H,1-2,7-8,11-12H2,(H,21,25)(H,22,24). The highest BCUT2D eigenvalue weighted by atomic mass is 35.5. The first kappa shape index (κ1) is 20.3. The average molecular weight is 422 g/mol. The predicted octanol–water partition coefficient (Wildman–Crippen LogP) is 3.67. The number of carbonyl (C=O) groups is 2. The zero-order valence-electron chi connectivity index (χ0n) is 15.1. The molecule has 1 aliphatic carbocycles. The van der Waals surface area contributed by atoms with Crippen LogP contribution < -0.4 is 10.6 Å². The topological polar surface area (TPSA) is 101 Å². The summed E-state index contributed by atoms with van der Waals surface area (Å²) in [6.45, 7) is 0.253. The highest BCUT2D eigenvalue weighted by molar-refractivity contribution is 7.10. The second kappa shape index (κ2) is 8.70. The van der Waals surface area contributed by atoms with Gasteiger partial charge in [0.2, 0.25) is 5.91 Å². The molecule has 7 nitrogen and oxygen atoms in total. The average Bonchev–Trinajstić information content (AvgIpc) is 3.36. The van der Waals surface area contributed by atoms with Crippen molar-refractivity contribution in [3.63, 3.8) is 0 Å². The maximum atomic E-state index is 12.3. The van der Waals surface area contributed by atoms with Crippen LogP contribution in [0.15, 0.2) is 35.7 Å². The van der Waals surface area contributed by atoms with Crippen molar-refractivity contribution < 1.29 is 14.5 Å². The van der Waals surface area contributed by atoms with Gasteiger partial charge in [0.1, 0.15) is 5.56 Å². The van der Waals surface area contributed by atoms with Gasteiger partial charge in [-0.3, -0.25) is 19.7 Å². The molecule has 28 heavy (non-hydrogen) atoms. The van der Waals surface area contributed by atoms with Gasteiger partial charge in [-0.1, -0.05) is 30.5 Å². The van der Waals surface area contributed by atoms with Gasteiger partial charge in [0.05, 0.1) is 11.5 Å². The first-order valence-corrected chi connectivity index (χ1v) is 10.2. The van der Waals surface area contributed by atoms with Gasteiger partial charge in [-0.25, -0.2) is 0 Å². The smallest absolute Gasteiger partial charge is 0.282 e. The lowest BCUT2D eigenvalue weighted by molar-refractivity contribution is -0.385. The molecule has 2 amide bonds. The molecule has 1 aliphatic rings. The van der Waals surface area contributed by atoms with Crippen molar-refractivity contribution >= 4 is 40.4 Å². The summed E-state index contributed by atoms with van der Waals surface area (Å²) in [5.74, 6) is -1.04. The molecule has 1 fully saturated rings. The lowest BCUT2D eigenvalue weighted by atomic mass is 9.84. The molecule has 2 aromatic rings. The van der Waals surface area contributed by atoms with E-state index in [1.165, 1.54) is 23.1 Å². The monoisotopic (exact) mass is 421 g/mol. The SMILES string of the molecule is O=C(CNC(=O)c1cc(Cl)ccc1[N+](=O)[O-])NCC1(c2cccs2)CCCC1. The number of amides is 2. The number of nitrogens with one attached hydrogen (secondary N) is 2. The Hall–Kier alpha value is -2.45. The van der Waals surface area contributed by atoms with Crippen molar-refractivity contribution in [2.75, 3.05) is 13.1 Å². The van der Waals surface area contributed by atoms with Crippen molar-refractivity contribution in [1.82, 2.24) is 10.6 Å². The normalized spacial score (nSPS) is 15.2. The number of nitrogens with zero attached hydrogens (tertiary/aromatic N) is 1. The molecule has 0 atom stereocenters. The van der Waals surface area contributed by atoms with Crippen LogP contribution in [-0.4, -0.2) is 29.8 Å². The molecule has 3 rings (SSSR count). The molecular weight excluding hydrogens is 402 g/mol. The first-order valence-electron chi connectivity index (χ1n) is 8.94. The highest BCUT2D eigenvalue weighted by Crippen LogP contribution is 2.42. The van der Waals surface area contributed by atoms with Crippen LogP contribution in [0.2, 0.25) is 5.02 Å². The van der Waals surface area contributed by atoms with Crippen molar-refractivity contribution in [1.29, 1.82) is 0 Å². The van der Waals surface area contributed by atoms with E-state index < -0.39 is 10.8 Å². The molecule has 1 aromatic heterocycles. The Kier molecular flexibility index (Phi) is 6.31. The molecule has 0 aliphatic heterocycles. The summed E-state index contributed by atoms with van der Waals surface area (Å²) in [6, 6.07) is 7.84. The van der Waals surface area contributed by atoms with Crippen LogP contribution >= 0.6 is 22.9 Å². The number of carbonyl (C=O) groups excluding carboxylic acids is 2. The first-order chi connectivity index (χ1) is 13.4. The van der Waals surface area contributed by atoms with Crippen molar-refractivity contribution in [3.8, 4) is 0 Å². The number of nitro benzene ring substituents is 1. The summed E-state index contributed by atoms with van der Waals surface area (Å²) < 4.78 is 0. The molecular formula is C19H20ClN3O4S. The fourth-order valence-electron chi connectivity index (χ4n) is 3.58. The van der Waals surface area contributed by atoms with Gasteiger partial charge < -0.3 is 10.6 Å². The van der Waals surface area contributed by atoms with Gasteiger partial charge in [0.15, 0.2) is 0 Å². The highest BCUT2D eigenvalue weighted by Gasteiger charge is 2.36. The van der Waals surface area contributed by atoms with Crippen LogP contribution in [0.5, 0.6) is 0 Å². The number of hydrogen-bond donors (Lipinski definition) is 2. The van der Waals surface area contributed by atoms with E-state index >= 15 is 0 Å². The van der Waals surface area contributed by atoms with Crippen LogP contribution in [-0.2, 0) is 10.2 Å². The van der Waals surface area contributed by atoms with E-state index in [0.29, 0.717) is 6.54 Å². The Morgan fingerprint density at radius 1 is 1.21 bits per heavy atom. The maximum absolute atomic E-state index is 12.3. The summed E-state index contributed by atoms with van der Waals surface area (Å²) in [7, 11) is 0. The Labute approximate surface area is 171 Å². The fraction of sp³-hybridized carbons (Fsp3) is 0.368. The van der Waals surface area contributed by atoms with E-state index in [-0.39, 0.29) is 34.1 Å². The van der Waals surface area contributed by atoms with E-state index in [4.69, 9.17) is 11.6 Å². The van der Waals surface area contributed by atoms with Crippen LogP contribution in [0, 0.1) is 10.1 Å². The van der Waals surface area contributed by atoms with E-state index in [0.717, 1.165) is 25.7 Å². The third kappa shape index (κ3) is 4.51. The number of halogens is 1. The molecule has 148 valence electrons. The Balaban J connectivity index is 1.58. The Morgan fingerprint density at radius 3 is 2.61 bits per heavy atom. The minimum Gasteiger partial charge on any atom is -0.354 e. The van der Waals surface area contributed by atoms with Crippen molar-refractivity contribution in [2.45, 2.75) is 31.1 Å². The van der Waals surface area contributed by atoms with Gasteiger partial charge in [-0.05, 0) is 36.4 Å². The van der Waals surface area contributed by atoms with Crippen LogP contribution in [0.4, 0.5) is 5.69 Å². The predicted molar refractivity (Wildman–Crippen MR) is 108 cm³/mol. The van der Waals surface area contributed by atoms with E-state index in [9.17, 15) is 19.7 Å². The summed E-state index contributed by atoms with van der Waals surface area (Å²) in [6.07, 6.45) is 4.30. The Bertz CT molecular complexity index is 879. The number of thiophene rings is 1. The molecule has 2 N–H and O–H groups in total. The molecule has 0 spiro atoms. The van der Waals surface area contributed by atoms with Crippen LogP contribution in [0.3, 0.4) is 0 Å². The minimum absolute atomic E-state index is 0.0421. The molecule has 1 saturated carbocycles. The van der Waals surface area contributed by atoms with E-state index in [2.05, 4.69) is 16.7 Å². The molecule has 0 unspecified atom stereocenters. The molecule has 0 bridgehead atoms. The lowest BCUT2D eigenvalue weighted by Gasteiger charge is -2.28. The minimum atomic E-state index is -0.710. The number of hydrogen-bond acceptors (Lipinski definition) is 5. The molecule has 0 saturated heterocycles. The van der Waals surface area contributed by atoms with Crippen LogP contribution in [0.1, 0.15) is 40.9 Å². The molecule has 1 heterocycles. The van der Waals surface area contributed by atoms with Crippen LogP contribution in [0.25, 0.3) is 0 Å². The maximum Gasteiger partial charge on any atom is 0.282 e. The summed E-state index contributed by atoms with van der Waals surface area (Å²) >= 11 is 7.53. The number of rotatable bonds is 7. The van der Waals surface area contributed by atoms with Crippen molar-refractivity contribution in [3.05, 3.63) is 61.3 Å². The van der Waals surface area contributed by atoms with Gasteiger partial charge in [-0.15, -0.1) is 11.3 Å². The van der Waals surface area contributed by atoms with Gasteiger partial charge >= 0.3 is 0 Å². The summed E-state index contributed by atoms with van der Waals surface area (Å²) in [5.41, 5.74) is -0.569. The van der Waals surface area contributed by atoms with Gasteiger partial charge in [0.25, 0.3) is 11.6 Å². The fourth-order valence-corrected chi connectivity index (χ4v) is 4.74. The van der Waals surface area contributed by atoms with E-state index in [1.807, 2.05) is 11.4 Å².